The summed E-state index contributed by atoms with van der Waals surface area (Å²) in [6.07, 6.45) is 6.83. The van der Waals surface area contributed by atoms with Crippen LogP contribution >= 0.6 is 0 Å². The number of hydrogen-bond acceptors (Lipinski definition) is 3. The first-order valence-electron chi connectivity index (χ1n) is 5.27. The average Bonchev–Trinajstić information content (AvgIpc) is 2.51. The van der Waals surface area contributed by atoms with Gasteiger partial charge in [-0.1, -0.05) is 6.08 Å². The summed E-state index contributed by atoms with van der Waals surface area (Å²) < 4.78 is 11.4. The molecule has 1 heterocycles. The predicted octanol–water partition coefficient (Wildman–Crippen LogP) is 1.47. The highest BCUT2D eigenvalue weighted by Gasteiger charge is 2.26. The number of fused-ring (bicyclic) bond motifs is 1. The lowest BCUT2D eigenvalue weighted by Crippen LogP contribution is -2.28. The van der Waals surface area contributed by atoms with Crippen LogP contribution in [0.2, 0.25) is 0 Å². The first-order chi connectivity index (χ1) is 6.90. The van der Waals surface area contributed by atoms with E-state index < -0.39 is 0 Å². The van der Waals surface area contributed by atoms with Crippen LogP contribution in [0.4, 0.5) is 0 Å². The molecule has 78 valence electrons. The Bertz CT molecular complexity index is 235. The monoisotopic (exact) mass is 196 g/mol. The third-order valence-corrected chi connectivity index (χ3v) is 2.85. The van der Waals surface area contributed by atoms with Crippen molar-refractivity contribution >= 4 is 6.29 Å². The summed E-state index contributed by atoms with van der Waals surface area (Å²) in [6, 6.07) is 0. The fourth-order valence-electron chi connectivity index (χ4n) is 2.02. The van der Waals surface area contributed by atoms with Gasteiger partial charge in [0.1, 0.15) is 6.29 Å². The number of carbonyl (C=O) groups is 1. The minimum atomic E-state index is 0.162. The van der Waals surface area contributed by atoms with Crippen LogP contribution in [0, 0.1) is 0 Å². The first-order valence-corrected chi connectivity index (χ1v) is 5.27. The van der Waals surface area contributed by atoms with Crippen molar-refractivity contribution in [1.29, 1.82) is 0 Å². The van der Waals surface area contributed by atoms with Gasteiger partial charge in [0.2, 0.25) is 0 Å². The number of rotatable bonds is 1. The fraction of sp³-hybridized carbons (Fsp3) is 0.727. The Morgan fingerprint density at radius 1 is 1.29 bits per heavy atom. The summed E-state index contributed by atoms with van der Waals surface area (Å²) in [4.78, 5) is 10.6. The van der Waals surface area contributed by atoms with Crippen molar-refractivity contribution in [2.24, 2.45) is 0 Å². The Hall–Kier alpha value is -0.670. The Balaban J connectivity index is 2.02. The molecule has 0 amide bonds. The average molecular weight is 196 g/mol. The molecule has 1 fully saturated rings. The zero-order valence-electron chi connectivity index (χ0n) is 8.28. The van der Waals surface area contributed by atoms with E-state index in [2.05, 4.69) is 0 Å². The van der Waals surface area contributed by atoms with E-state index in [1.165, 1.54) is 0 Å². The number of carbonyl (C=O) groups excluding carboxylic acids is 1. The van der Waals surface area contributed by atoms with E-state index in [0.717, 1.165) is 50.8 Å². The van der Waals surface area contributed by atoms with Crippen LogP contribution in [0.15, 0.2) is 11.6 Å². The van der Waals surface area contributed by atoms with Crippen LogP contribution in [0.5, 0.6) is 0 Å². The highest BCUT2D eigenvalue weighted by Crippen LogP contribution is 2.24. The number of allylic oxidation sites excluding steroid dienone is 1. The van der Waals surface area contributed by atoms with Crippen LogP contribution in [-0.2, 0) is 14.3 Å². The summed E-state index contributed by atoms with van der Waals surface area (Å²) in [5.41, 5.74) is 0.894. The molecule has 0 aromatic carbocycles. The van der Waals surface area contributed by atoms with E-state index in [1.807, 2.05) is 6.08 Å². The van der Waals surface area contributed by atoms with Crippen molar-refractivity contribution in [2.45, 2.75) is 37.9 Å². The van der Waals surface area contributed by atoms with Crippen LogP contribution < -0.4 is 0 Å². The zero-order valence-corrected chi connectivity index (χ0v) is 8.28. The second-order valence-corrected chi connectivity index (χ2v) is 3.84. The Morgan fingerprint density at radius 2 is 2.07 bits per heavy atom. The van der Waals surface area contributed by atoms with Crippen LogP contribution in [0.25, 0.3) is 0 Å². The fourth-order valence-corrected chi connectivity index (χ4v) is 2.02. The van der Waals surface area contributed by atoms with E-state index in [9.17, 15) is 4.79 Å². The van der Waals surface area contributed by atoms with Crippen LogP contribution in [0.1, 0.15) is 25.7 Å². The van der Waals surface area contributed by atoms with Crippen LogP contribution in [-0.4, -0.2) is 31.7 Å². The third kappa shape index (κ3) is 2.22. The summed E-state index contributed by atoms with van der Waals surface area (Å²) in [5.74, 6) is 0. The molecule has 2 unspecified atom stereocenters. The molecule has 0 bridgehead atoms. The molecule has 1 aliphatic heterocycles. The van der Waals surface area contributed by atoms with Crippen molar-refractivity contribution in [3.05, 3.63) is 11.6 Å². The van der Waals surface area contributed by atoms with Crippen molar-refractivity contribution in [1.82, 2.24) is 0 Å². The zero-order chi connectivity index (χ0) is 9.80. The molecule has 2 aliphatic rings. The quantitative estimate of drug-likeness (QED) is 0.596. The van der Waals surface area contributed by atoms with Crippen molar-refractivity contribution < 1.29 is 14.3 Å². The third-order valence-electron chi connectivity index (χ3n) is 2.85. The molecule has 0 aromatic heterocycles. The SMILES string of the molecule is O=CC1=CCC2OCCCOC2CC1. The Kier molecular flexibility index (Phi) is 3.32. The molecule has 3 heteroatoms. The maximum Gasteiger partial charge on any atom is 0.145 e. The molecule has 14 heavy (non-hydrogen) atoms. The highest BCUT2D eigenvalue weighted by molar-refractivity contribution is 5.73. The molecule has 3 nitrogen and oxygen atoms in total. The van der Waals surface area contributed by atoms with Gasteiger partial charge >= 0.3 is 0 Å². The molecule has 2 atom stereocenters. The van der Waals surface area contributed by atoms with Gasteiger partial charge in [0, 0.05) is 13.2 Å². The minimum absolute atomic E-state index is 0.162. The summed E-state index contributed by atoms with van der Waals surface area (Å²) in [7, 11) is 0. The summed E-state index contributed by atoms with van der Waals surface area (Å²) in [5, 5.41) is 0. The molecule has 2 rings (SSSR count). The summed E-state index contributed by atoms with van der Waals surface area (Å²) in [6.45, 7) is 1.57. The van der Waals surface area contributed by atoms with Crippen molar-refractivity contribution in [2.75, 3.05) is 13.2 Å². The maximum absolute atomic E-state index is 10.6. The number of hydrogen-bond donors (Lipinski definition) is 0. The van der Waals surface area contributed by atoms with Gasteiger partial charge in [-0.3, -0.25) is 4.79 Å². The molecule has 0 spiro atoms. The van der Waals surface area contributed by atoms with Gasteiger partial charge in [0.05, 0.1) is 12.2 Å². The number of ether oxygens (including phenoxy) is 2. The lowest BCUT2D eigenvalue weighted by atomic mass is 10.1. The van der Waals surface area contributed by atoms with Gasteiger partial charge < -0.3 is 9.47 Å². The smallest absolute Gasteiger partial charge is 0.145 e. The van der Waals surface area contributed by atoms with Gasteiger partial charge in [-0.15, -0.1) is 0 Å². The highest BCUT2D eigenvalue weighted by atomic mass is 16.5. The van der Waals surface area contributed by atoms with Crippen molar-refractivity contribution in [3.8, 4) is 0 Å². The maximum atomic E-state index is 10.6. The van der Waals surface area contributed by atoms with E-state index in [0.29, 0.717) is 0 Å². The van der Waals surface area contributed by atoms with Crippen molar-refractivity contribution in [3.63, 3.8) is 0 Å². The van der Waals surface area contributed by atoms with Gasteiger partial charge in [0.15, 0.2) is 0 Å². The van der Waals surface area contributed by atoms with Crippen LogP contribution in [0.3, 0.4) is 0 Å². The lowest BCUT2D eigenvalue weighted by Gasteiger charge is -2.21. The Labute approximate surface area is 84.1 Å². The number of aldehydes is 1. The summed E-state index contributed by atoms with van der Waals surface area (Å²) >= 11 is 0. The van der Waals surface area contributed by atoms with Gasteiger partial charge in [-0.25, -0.2) is 0 Å². The molecular formula is C11H16O3. The standard InChI is InChI=1S/C11H16O3/c12-8-9-2-4-10-11(5-3-9)14-7-1-6-13-10/h2,8,10-11H,1,3-7H2. The molecule has 0 N–H and O–H groups in total. The van der Waals surface area contributed by atoms with E-state index in [4.69, 9.17) is 9.47 Å². The predicted molar refractivity (Wildman–Crippen MR) is 52.1 cm³/mol. The topological polar surface area (TPSA) is 35.5 Å². The first kappa shape index (κ1) is 9.87. The van der Waals surface area contributed by atoms with E-state index >= 15 is 0 Å². The molecule has 0 radical (unpaired) electrons. The second kappa shape index (κ2) is 4.71. The second-order valence-electron chi connectivity index (χ2n) is 3.84. The molecule has 0 aromatic rings. The van der Waals surface area contributed by atoms with E-state index in [1.54, 1.807) is 0 Å². The molecule has 1 saturated heterocycles. The van der Waals surface area contributed by atoms with Gasteiger partial charge in [0.25, 0.3) is 0 Å². The van der Waals surface area contributed by atoms with Gasteiger partial charge in [-0.05, 0) is 31.3 Å². The molecule has 0 saturated carbocycles. The lowest BCUT2D eigenvalue weighted by molar-refractivity contribution is -0.105. The minimum Gasteiger partial charge on any atom is -0.375 e. The largest absolute Gasteiger partial charge is 0.375 e. The molecular weight excluding hydrogens is 180 g/mol. The molecule has 1 aliphatic carbocycles. The Morgan fingerprint density at radius 3 is 2.86 bits per heavy atom. The van der Waals surface area contributed by atoms with Gasteiger partial charge in [-0.2, -0.15) is 0 Å². The van der Waals surface area contributed by atoms with E-state index in [-0.39, 0.29) is 12.2 Å². The normalized spacial score (nSPS) is 33.6.